The van der Waals surface area contributed by atoms with Crippen LogP contribution in [-0.4, -0.2) is 35.6 Å². The van der Waals surface area contributed by atoms with E-state index in [1.54, 1.807) is 38.3 Å². The summed E-state index contributed by atoms with van der Waals surface area (Å²) in [5.41, 5.74) is 6.18. The highest BCUT2D eigenvalue weighted by atomic mass is 32.2. The average molecular weight is 284 g/mol. The van der Waals surface area contributed by atoms with Crippen molar-refractivity contribution in [3.05, 3.63) is 24.3 Å². The molecule has 0 aliphatic rings. The van der Waals surface area contributed by atoms with Gasteiger partial charge in [0.15, 0.2) is 0 Å². The number of methoxy groups -OCH3 is 1. The summed E-state index contributed by atoms with van der Waals surface area (Å²) in [6.07, 6.45) is 0.740. The van der Waals surface area contributed by atoms with Crippen LogP contribution in [0.25, 0.3) is 0 Å². The highest BCUT2D eigenvalue weighted by Gasteiger charge is 2.20. The molecule has 19 heavy (non-hydrogen) atoms. The number of carbonyl (C=O) groups is 1. The quantitative estimate of drug-likeness (QED) is 0.576. The maximum atomic E-state index is 12.2. The Hall–Kier alpha value is -1.40. The normalized spacial score (nSPS) is 13.8. The van der Waals surface area contributed by atoms with Crippen LogP contribution in [0.2, 0.25) is 0 Å². The van der Waals surface area contributed by atoms with E-state index in [9.17, 15) is 9.00 Å². The van der Waals surface area contributed by atoms with Crippen LogP contribution in [0.3, 0.4) is 0 Å². The first-order chi connectivity index (χ1) is 9.06. The summed E-state index contributed by atoms with van der Waals surface area (Å²) in [7, 11) is 0.239. The molecule has 0 heterocycles. The Labute approximate surface area is 116 Å². The number of carbonyl (C=O) groups excluding carboxylic acids is 1. The van der Waals surface area contributed by atoms with E-state index in [4.69, 9.17) is 10.5 Å². The number of ether oxygens (including phenoxy) is 1. The van der Waals surface area contributed by atoms with Gasteiger partial charge in [-0.05, 0) is 37.6 Å². The molecule has 0 bridgehead atoms. The smallest absolute Gasteiger partial charge is 0.235 e. The van der Waals surface area contributed by atoms with Crippen LogP contribution >= 0.6 is 0 Å². The van der Waals surface area contributed by atoms with Crippen molar-refractivity contribution in [1.82, 2.24) is 5.32 Å². The van der Waals surface area contributed by atoms with Crippen LogP contribution in [-0.2, 0) is 20.3 Å². The van der Waals surface area contributed by atoms with Crippen LogP contribution in [0.1, 0.15) is 13.3 Å². The van der Waals surface area contributed by atoms with Crippen molar-refractivity contribution >= 4 is 22.4 Å². The van der Waals surface area contributed by atoms with Gasteiger partial charge in [0.2, 0.25) is 5.91 Å². The largest absolute Gasteiger partial charge is 0.399 e. The van der Waals surface area contributed by atoms with E-state index in [-0.39, 0.29) is 5.91 Å². The van der Waals surface area contributed by atoms with Gasteiger partial charge in [-0.15, -0.1) is 0 Å². The number of nitrogen functional groups attached to an aromatic ring is 1. The third-order valence-electron chi connectivity index (χ3n) is 2.63. The number of hydrogen-bond donors (Lipinski definition) is 2. The van der Waals surface area contributed by atoms with Crippen LogP contribution < -0.4 is 11.1 Å². The molecule has 1 aromatic carbocycles. The molecule has 5 nitrogen and oxygen atoms in total. The number of hydrogen-bond acceptors (Lipinski definition) is 4. The Kier molecular flexibility index (Phi) is 6.52. The molecule has 0 saturated carbocycles. The summed E-state index contributed by atoms with van der Waals surface area (Å²) in [5, 5.41) is 2.15. The van der Waals surface area contributed by atoms with E-state index in [0.29, 0.717) is 23.7 Å². The monoisotopic (exact) mass is 284 g/mol. The Balaban J connectivity index is 2.51. The fourth-order valence-corrected chi connectivity index (χ4v) is 2.57. The lowest BCUT2D eigenvalue weighted by Gasteiger charge is -2.12. The van der Waals surface area contributed by atoms with Crippen molar-refractivity contribution in [2.24, 2.45) is 0 Å². The van der Waals surface area contributed by atoms with E-state index in [1.807, 2.05) is 0 Å². The zero-order chi connectivity index (χ0) is 14.3. The highest BCUT2D eigenvalue weighted by molar-refractivity contribution is 7.86. The third-order valence-corrected chi connectivity index (χ3v) is 4.22. The predicted molar refractivity (Wildman–Crippen MR) is 76.2 cm³/mol. The molecule has 0 aliphatic heterocycles. The van der Waals surface area contributed by atoms with Crippen molar-refractivity contribution in [3.8, 4) is 0 Å². The van der Waals surface area contributed by atoms with Gasteiger partial charge in [-0.25, -0.2) is 0 Å². The third kappa shape index (κ3) is 5.00. The minimum absolute atomic E-state index is 0.216. The van der Waals surface area contributed by atoms with E-state index in [2.05, 4.69) is 5.32 Å². The first kappa shape index (κ1) is 15.7. The molecule has 1 rings (SSSR count). The van der Waals surface area contributed by atoms with Crippen LogP contribution in [0.15, 0.2) is 29.2 Å². The van der Waals surface area contributed by atoms with Crippen molar-refractivity contribution in [2.75, 3.05) is 26.0 Å². The number of nitrogens with one attached hydrogen (secondary N) is 1. The van der Waals surface area contributed by atoms with Gasteiger partial charge in [0.05, 0.1) is 10.8 Å². The van der Waals surface area contributed by atoms with E-state index < -0.39 is 16.0 Å². The predicted octanol–water partition coefficient (Wildman–Crippen LogP) is 0.918. The summed E-state index contributed by atoms with van der Waals surface area (Å²) < 4.78 is 17.1. The minimum atomic E-state index is -1.37. The Morgan fingerprint density at radius 2 is 2.05 bits per heavy atom. The first-order valence-electron chi connectivity index (χ1n) is 6.09. The fraction of sp³-hybridized carbons (Fsp3) is 0.462. The summed E-state index contributed by atoms with van der Waals surface area (Å²) in [6, 6.07) is 6.72. The maximum Gasteiger partial charge on any atom is 0.235 e. The molecule has 2 unspecified atom stereocenters. The van der Waals surface area contributed by atoms with Crippen molar-refractivity contribution in [3.63, 3.8) is 0 Å². The van der Waals surface area contributed by atoms with Gasteiger partial charge in [-0.2, -0.15) is 0 Å². The van der Waals surface area contributed by atoms with Gasteiger partial charge < -0.3 is 15.8 Å². The molecule has 0 radical (unpaired) electrons. The first-order valence-corrected chi connectivity index (χ1v) is 7.30. The van der Waals surface area contributed by atoms with Crippen molar-refractivity contribution in [1.29, 1.82) is 0 Å². The highest BCUT2D eigenvalue weighted by Crippen LogP contribution is 2.13. The molecule has 0 aromatic heterocycles. The van der Waals surface area contributed by atoms with Gasteiger partial charge in [0, 0.05) is 30.8 Å². The molecule has 2 atom stereocenters. The van der Waals surface area contributed by atoms with Crippen LogP contribution in [0, 0.1) is 0 Å². The zero-order valence-electron chi connectivity index (χ0n) is 11.2. The molecular weight excluding hydrogens is 264 g/mol. The molecule has 1 aromatic rings. The lowest BCUT2D eigenvalue weighted by molar-refractivity contribution is -0.120. The average Bonchev–Trinajstić information content (AvgIpc) is 2.42. The Bertz CT molecular complexity index is 434. The second-order valence-electron chi connectivity index (χ2n) is 4.15. The Morgan fingerprint density at radius 1 is 1.42 bits per heavy atom. The Morgan fingerprint density at radius 3 is 2.63 bits per heavy atom. The molecule has 0 fully saturated rings. The molecular formula is C13H20N2O3S. The SMILES string of the molecule is COCCCNC(=O)C(C)S(=O)c1ccc(N)cc1. The summed E-state index contributed by atoms with van der Waals surface area (Å²) in [4.78, 5) is 12.4. The number of nitrogens with two attached hydrogens (primary N) is 1. The van der Waals surface area contributed by atoms with Gasteiger partial charge in [-0.1, -0.05) is 0 Å². The number of anilines is 1. The molecule has 0 spiro atoms. The van der Waals surface area contributed by atoms with E-state index in [1.165, 1.54) is 0 Å². The van der Waals surface area contributed by atoms with Crippen LogP contribution in [0.5, 0.6) is 0 Å². The zero-order valence-corrected chi connectivity index (χ0v) is 12.0. The van der Waals surface area contributed by atoms with Gasteiger partial charge in [0.25, 0.3) is 0 Å². The van der Waals surface area contributed by atoms with Gasteiger partial charge >= 0.3 is 0 Å². The molecule has 0 aliphatic carbocycles. The van der Waals surface area contributed by atoms with E-state index >= 15 is 0 Å². The summed E-state index contributed by atoms with van der Waals surface area (Å²) >= 11 is 0. The minimum Gasteiger partial charge on any atom is -0.399 e. The fourth-order valence-electron chi connectivity index (χ4n) is 1.48. The lowest BCUT2D eigenvalue weighted by Crippen LogP contribution is -2.36. The second-order valence-corrected chi connectivity index (χ2v) is 5.92. The van der Waals surface area contributed by atoms with Crippen LogP contribution in [0.4, 0.5) is 5.69 Å². The summed E-state index contributed by atoms with van der Waals surface area (Å²) in [6.45, 7) is 2.77. The van der Waals surface area contributed by atoms with Crippen molar-refractivity contribution in [2.45, 2.75) is 23.5 Å². The van der Waals surface area contributed by atoms with E-state index in [0.717, 1.165) is 6.42 Å². The second kappa shape index (κ2) is 7.91. The molecule has 6 heteroatoms. The number of rotatable bonds is 7. The standard InChI is InChI=1S/C13H20N2O3S/c1-10(13(16)15-8-3-9-18-2)19(17)12-6-4-11(14)5-7-12/h4-7,10H,3,8-9,14H2,1-2H3,(H,15,16). The van der Waals surface area contributed by atoms with Gasteiger partial charge in [-0.3, -0.25) is 9.00 Å². The number of amides is 1. The molecule has 1 amide bonds. The topological polar surface area (TPSA) is 81.4 Å². The van der Waals surface area contributed by atoms with Crippen molar-refractivity contribution < 1.29 is 13.7 Å². The molecule has 0 saturated heterocycles. The summed E-state index contributed by atoms with van der Waals surface area (Å²) in [5.74, 6) is -0.216. The van der Waals surface area contributed by atoms with Gasteiger partial charge in [0.1, 0.15) is 5.25 Å². The molecule has 3 N–H and O–H groups in total. The maximum absolute atomic E-state index is 12.2. The lowest BCUT2D eigenvalue weighted by atomic mass is 10.3. The number of benzene rings is 1. The molecule has 106 valence electrons.